The van der Waals surface area contributed by atoms with Crippen LogP contribution < -0.4 is 15.0 Å². The number of hydrogen-bond acceptors (Lipinski definition) is 6. The van der Waals surface area contributed by atoms with Gasteiger partial charge in [-0.1, -0.05) is 19.1 Å². The molecule has 1 aromatic carbocycles. The first-order valence-corrected chi connectivity index (χ1v) is 9.62. The van der Waals surface area contributed by atoms with Crippen LogP contribution >= 0.6 is 0 Å². The van der Waals surface area contributed by atoms with E-state index < -0.39 is 0 Å². The Bertz CT molecular complexity index is 821. The number of rotatable bonds is 4. The summed E-state index contributed by atoms with van der Waals surface area (Å²) in [7, 11) is 0. The number of nitrogens with zero attached hydrogens (tertiary/aromatic N) is 3. The number of hydrogen-bond donors (Lipinski definition) is 1. The lowest BCUT2D eigenvalue weighted by Crippen LogP contribution is -2.38. The second-order valence-electron chi connectivity index (χ2n) is 8.39. The summed E-state index contributed by atoms with van der Waals surface area (Å²) < 4.78 is 11.9. The fourth-order valence-electron chi connectivity index (χ4n) is 3.65. The predicted molar refractivity (Wildman–Crippen MR) is 105 cm³/mol. The van der Waals surface area contributed by atoms with E-state index in [1.54, 1.807) is 0 Å². The zero-order valence-corrected chi connectivity index (χ0v) is 16.6. The third kappa shape index (κ3) is 3.77. The van der Waals surface area contributed by atoms with Gasteiger partial charge in [0, 0.05) is 24.1 Å². The second-order valence-corrected chi connectivity index (χ2v) is 8.39. The van der Waals surface area contributed by atoms with Gasteiger partial charge in [-0.05, 0) is 38.8 Å². The Labute approximate surface area is 160 Å². The number of benzene rings is 1. The van der Waals surface area contributed by atoms with E-state index in [-0.39, 0.29) is 11.1 Å². The zero-order valence-electron chi connectivity index (χ0n) is 16.6. The maximum Gasteiger partial charge on any atom is 0.322 e. The molecule has 6 nitrogen and oxygen atoms in total. The van der Waals surface area contributed by atoms with Crippen molar-refractivity contribution in [3.63, 3.8) is 0 Å². The molecule has 2 aliphatic heterocycles. The maximum atomic E-state index is 6.04. The molecule has 0 spiro atoms. The third-order valence-corrected chi connectivity index (χ3v) is 5.65. The van der Waals surface area contributed by atoms with E-state index in [2.05, 4.69) is 53.9 Å². The van der Waals surface area contributed by atoms with Crippen LogP contribution in [-0.4, -0.2) is 34.3 Å². The normalized spacial score (nSPS) is 23.9. The van der Waals surface area contributed by atoms with Crippen molar-refractivity contribution in [1.29, 1.82) is 0 Å². The van der Waals surface area contributed by atoms with Crippen LogP contribution in [0.1, 0.15) is 45.2 Å². The quantitative estimate of drug-likeness (QED) is 0.889. The molecule has 6 heteroatoms. The summed E-state index contributed by atoms with van der Waals surface area (Å²) in [6.07, 6.45) is 5.58. The van der Waals surface area contributed by atoms with Crippen LogP contribution in [0.5, 0.6) is 11.8 Å². The predicted octanol–water partition coefficient (Wildman–Crippen LogP) is 3.66. The van der Waals surface area contributed by atoms with E-state index in [1.807, 2.05) is 24.5 Å². The lowest BCUT2D eigenvalue weighted by Gasteiger charge is -2.32. The number of anilines is 1. The number of fused-ring (bicyclic) bond motifs is 1. The van der Waals surface area contributed by atoms with Crippen LogP contribution in [0.15, 0.2) is 30.6 Å². The highest BCUT2D eigenvalue weighted by atomic mass is 16.5. The largest absolute Gasteiger partial charge is 0.424 e. The van der Waals surface area contributed by atoms with Gasteiger partial charge in [0.1, 0.15) is 5.75 Å². The minimum Gasteiger partial charge on any atom is -0.424 e. The summed E-state index contributed by atoms with van der Waals surface area (Å²) in [6, 6.07) is 6.44. The first-order valence-electron chi connectivity index (χ1n) is 9.62. The second kappa shape index (κ2) is 6.77. The lowest BCUT2D eigenvalue weighted by molar-refractivity contribution is -0.0405. The molecule has 2 aromatic rings. The molecule has 1 saturated heterocycles. The molecule has 0 unspecified atom stereocenters. The molecule has 4 rings (SSSR count). The number of ether oxygens (including phenoxy) is 2. The van der Waals surface area contributed by atoms with E-state index in [4.69, 9.17) is 9.47 Å². The summed E-state index contributed by atoms with van der Waals surface area (Å²) in [4.78, 5) is 11.1. The highest BCUT2D eigenvalue weighted by Gasteiger charge is 2.32. The van der Waals surface area contributed by atoms with Crippen molar-refractivity contribution in [2.24, 2.45) is 0 Å². The minimum atomic E-state index is -0.189. The molecule has 1 fully saturated rings. The first kappa shape index (κ1) is 18.2. The van der Waals surface area contributed by atoms with Gasteiger partial charge in [-0.15, -0.1) is 0 Å². The Kier molecular flexibility index (Phi) is 4.56. The van der Waals surface area contributed by atoms with Gasteiger partial charge in [0.2, 0.25) is 0 Å². The van der Waals surface area contributed by atoms with Crippen LogP contribution in [0.4, 0.5) is 5.69 Å². The number of nitrogens with one attached hydrogen (secondary N) is 1. The van der Waals surface area contributed by atoms with Crippen molar-refractivity contribution in [1.82, 2.24) is 15.3 Å². The van der Waals surface area contributed by atoms with Gasteiger partial charge in [0.25, 0.3) is 0 Å². The van der Waals surface area contributed by atoms with Gasteiger partial charge in [0.15, 0.2) is 0 Å². The molecule has 0 radical (unpaired) electrons. The zero-order chi connectivity index (χ0) is 19.1. The molecule has 0 aliphatic carbocycles. The van der Waals surface area contributed by atoms with Crippen molar-refractivity contribution < 1.29 is 9.47 Å². The van der Waals surface area contributed by atoms with Gasteiger partial charge in [-0.25, -0.2) is 9.97 Å². The van der Waals surface area contributed by atoms with E-state index >= 15 is 0 Å². The molecular weight excluding hydrogens is 340 g/mol. The fourth-order valence-corrected chi connectivity index (χ4v) is 3.65. The molecule has 1 aromatic heterocycles. The Morgan fingerprint density at radius 1 is 1.22 bits per heavy atom. The fraction of sp³-hybridized carbons (Fsp3) is 0.524. The molecule has 2 aliphatic rings. The van der Waals surface area contributed by atoms with Crippen LogP contribution in [-0.2, 0) is 17.8 Å². The van der Waals surface area contributed by atoms with Crippen molar-refractivity contribution in [3.05, 3.63) is 41.7 Å². The van der Waals surface area contributed by atoms with Crippen LogP contribution in [0, 0.1) is 0 Å². The van der Waals surface area contributed by atoms with Crippen molar-refractivity contribution in [2.45, 2.75) is 58.3 Å². The molecule has 3 heterocycles. The average Bonchev–Trinajstić information content (AvgIpc) is 3.05. The van der Waals surface area contributed by atoms with Crippen LogP contribution in [0.2, 0.25) is 0 Å². The van der Waals surface area contributed by atoms with E-state index in [0.29, 0.717) is 12.6 Å². The van der Waals surface area contributed by atoms with Crippen molar-refractivity contribution >= 4 is 5.69 Å². The third-order valence-electron chi connectivity index (χ3n) is 5.65. The highest BCUT2D eigenvalue weighted by Crippen LogP contribution is 2.35. The molecule has 0 saturated carbocycles. The molecular formula is C21H28N4O2. The summed E-state index contributed by atoms with van der Waals surface area (Å²) in [6.45, 7) is 11.0. The Morgan fingerprint density at radius 2 is 2.00 bits per heavy atom. The minimum absolute atomic E-state index is 0.146. The van der Waals surface area contributed by atoms with Crippen LogP contribution in [0.3, 0.4) is 0 Å². The van der Waals surface area contributed by atoms with Crippen molar-refractivity contribution in [2.75, 3.05) is 18.1 Å². The summed E-state index contributed by atoms with van der Waals surface area (Å²) >= 11 is 0. The summed E-state index contributed by atoms with van der Waals surface area (Å²) in [5.41, 5.74) is 3.32. The number of aromatic nitrogens is 2. The monoisotopic (exact) mass is 368 g/mol. The van der Waals surface area contributed by atoms with Gasteiger partial charge in [-0.3, -0.25) is 5.32 Å². The molecule has 144 valence electrons. The topological polar surface area (TPSA) is 59.5 Å². The summed E-state index contributed by atoms with van der Waals surface area (Å²) in [5.74, 6) is 0.818. The van der Waals surface area contributed by atoms with Crippen LogP contribution in [0.25, 0.3) is 0 Å². The smallest absolute Gasteiger partial charge is 0.322 e. The Balaban J connectivity index is 1.50. The van der Waals surface area contributed by atoms with Gasteiger partial charge < -0.3 is 14.4 Å². The lowest BCUT2D eigenvalue weighted by atomic mass is 9.91. The van der Waals surface area contributed by atoms with E-state index in [0.717, 1.165) is 37.5 Å². The highest BCUT2D eigenvalue weighted by molar-refractivity contribution is 5.46. The first-order chi connectivity index (χ1) is 12.9. The Morgan fingerprint density at radius 3 is 2.70 bits per heavy atom. The van der Waals surface area contributed by atoms with Gasteiger partial charge in [0.05, 0.1) is 37.0 Å². The van der Waals surface area contributed by atoms with E-state index in [9.17, 15) is 0 Å². The summed E-state index contributed by atoms with van der Waals surface area (Å²) in [5, 5.41) is 3.55. The van der Waals surface area contributed by atoms with Crippen molar-refractivity contribution in [3.8, 4) is 11.8 Å². The average molecular weight is 368 g/mol. The molecule has 0 bridgehead atoms. The Hall–Kier alpha value is -2.18. The molecule has 27 heavy (non-hydrogen) atoms. The SMILES string of the molecule is CC[C@]1(C)CN(c2cnc(Oc3cccc4c3CC(C)(C)OC4)nc2)CN1. The standard InChI is InChI=1S/C21H28N4O2/c1-5-21(4)13-25(14-24-21)16-10-22-19(23-11-16)27-18-8-6-7-15-12-26-20(2,3)9-17(15)18/h6-8,10-11,24H,5,9,12-14H2,1-4H3/t21-/m1/s1. The molecule has 1 atom stereocenters. The van der Waals surface area contributed by atoms with Gasteiger partial charge >= 0.3 is 6.01 Å². The van der Waals surface area contributed by atoms with Gasteiger partial charge in [-0.2, -0.15) is 0 Å². The molecule has 1 N–H and O–H groups in total. The maximum absolute atomic E-state index is 6.04. The molecule has 0 amide bonds. The van der Waals surface area contributed by atoms with E-state index in [1.165, 1.54) is 11.1 Å².